The molecule has 1 heterocycles. The van der Waals surface area contributed by atoms with E-state index in [0.29, 0.717) is 25.3 Å². The second-order valence-corrected chi connectivity index (χ2v) is 6.83. The summed E-state index contributed by atoms with van der Waals surface area (Å²) in [5.41, 5.74) is 0. The molecule has 5 heteroatoms. The Bertz CT molecular complexity index is 346. The van der Waals surface area contributed by atoms with Crippen molar-refractivity contribution in [3.8, 4) is 0 Å². The molecule has 4 nitrogen and oxygen atoms in total. The van der Waals surface area contributed by atoms with E-state index >= 15 is 0 Å². The Morgan fingerprint density at radius 3 is 2.60 bits per heavy atom. The minimum absolute atomic E-state index is 0.213. The van der Waals surface area contributed by atoms with Crippen molar-refractivity contribution in [2.45, 2.75) is 19.3 Å². The third kappa shape index (κ3) is 3.28. The molecular weight excluding hydrogens is 214 g/mol. The molecule has 0 atom stereocenters. The highest BCUT2D eigenvalue weighted by atomic mass is 32.2. The van der Waals surface area contributed by atoms with Crippen LogP contribution in [0.5, 0.6) is 0 Å². The summed E-state index contributed by atoms with van der Waals surface area (Å²) in [6.07, 6.45) is 2.73. The molecule has 2 fully saturated rings. The van der Waals surface area contributed by atoms with Crippen LogP contribution in [0, 0.1) is 5.92 Å². The highest BCUT2D eigenvalue weighted by Crippen LogP contribution is 2.30. The average Bonchev–Trinajstić information content (AvgIpc) is 2.94. The first-order valence-corrected chi connectivity index (χ1v) is 7.34. The summed E-state index contributed by atoms with van der Waals surface area (Å²) in [5, 5.41) is 0. The number of Topliss-reactive ketones (excluding diaryl/α,β-unsaturated/α-hetero) is 1. The topological polar surface area (TPSA) is 54.5 Å². The van der Waals surface area contributed by atoms with Crippen molar-refractivity contribution >= 4 is 15.6 Å². The van der Waals surface area contributed by atoms with Crippen molar-refractivity contribution in [3.05, 3.63) is 0 Å². The van der Waals surface area contributed by atoms with E-state index in [9.17, 15) is 13.2 Å². The third-order valence-corrected chi connectivity index (χ3v) is 4.78. The van der Waals surface area contributed by atoms with Gasteiger partial charge in [-0.3, -0.25) is 9.69 Å². The van der Waals surface area contributed by atoms with Gasteiger partial charge in [0.1, 0.15) is 5.78 Å². The molecule has 2 rings (SSSR count). The molecule has 0 radical (unpaired) electrons. The van der Waals surface area contributed by atoms with Gasteiger partial charge in [0.25, 0.3) is 0 Å². The summed E-state index contributed by atoms with van der Waals surface area (Å²) >= 11 is 0. The van der Waals surface area contributed by atoms with Crippen LogP contribution in [-0.4, -0.2) is 50.2 Å². The zero-order valence-electron chi connectivity index (χ0n) is 8.81. The summed E-state index contributed by atoms with van der Waals surface area (Å²) in [4.78, 5) is 13.5. The van der Waals surface area contributed by atoms with Crippen LogP contribution in [0.4, 0.5) is 0 Å². The van der Waals surface area contributed by atoms with Gasteiger partial charge in [-0.25, -0.2) is 8.42 Å². The Balaban J connectivity index is 1.85. The molecule has 0 aromatic rings. The van der Waals surface area contributed by atoms with Crippen molar-refractivity contribution in [3.63, 3.8) is 0 Å². The molecule has 1 saturated carbocycles. The van der Waals surface area contributed by atoms with E-state index in [1.165, 1.54) is 0 Å². The largest absolute Gasteiger partial charge is 0.298 e. The summed E-state index contributed by atoms with van der Waals surface area (Å²) in [6, 6.07) is 0. The van der Waals surface area contributed by atoms with Crippen LogP contribution < -0.4 is 0 Å². The number of nitrogens with zero attached hydrogens (tertiary/aromatic N) is 1. The lowest BCUT2D eigenvalue weighted by atomic mass is 10.2. The standard InChI is InChI=1S/C10H17NO3S/c12-10(9-2-3-9)8-11-4-1-6-15(13,14)7-5-11/h9H,1-8H2. The number of carbonyl (C=O) groups is 1. The van der Waals surface area contributed by atoms with E-state index in [4.69, 9.17) is 0 Å². The quantitative estimate of drug-likeness (QED) is 0.690. The predicted octanol–water partition coefficient (Wildman–Crippen LogP) is 0.0860. The Morgan fingerprint density at radius 2 is 1.93 bits per heavy atom. The van der Waals surface area contributed by atoms with Crippen molar-refractivity contribution in [1.82, 2.24) is 4.90 Å². The summed E-state index contributed by atoms with van der Waals surface area (Å²) in [5.74, 6) is 1.07. The minimum Gasteiger partial charge on any atom is -0.298 e. The molecule has 15 heavy (non-hydrogen) atoms. The van der Waals surface area contributed by atoms with Crippen LogP contribution in [-0.2, 0) is 14.6 Å². The third-order valence-electron chi connectivity index (χ3n) is 3.06. The van der Waals surface area contributed by atoms with Crippen molar-refractivity contribution < 1.29 is 13.2 Å². The van der Waals surface area contributed by atoms with Crippen molar-refractivity contribution in [1.29, 1.82) is 0 Å². The van der Waals surface area contributed by atoms with Gasteiger partial charge >= 0.3 is 0 Å². The smallest absolute Gasteiger partial charge is 0.151 e. The van der Waals surface area contributed by atoms with E-state index in [0.717, 1.165) is 19.4 Å². The Labute approximate surface area is 90.6 Å². The van der Waals surface area contributed by atoms with Crippen molar-refractivity contribution in [2.24, 2.45) is 5.92 Å². The maximum absolute atomic E-state index is 11.6. The van der Waals surface area contributed by atoms with Crippen LogP contribution in [0.2, 0.25) is 0 Å². The maximum Gasteiger partial charge on any atom is 0.151 e. The van der Waals surface area contributed by atoms with Crippen LogP contribution in [0.3, 0.4) is 0 Å². The monoisotopic (exact) mass is 231 g/mol. The minimum atomic E-state index is -2.85. The lowest BCUT2D eigenvalue weighted by molar-refractivity contribution is -0.121. The van der Waals surface area contributed by atoms with E-state index in [1.807, 2.05) is 4.90 Å². The molecule has 1 aliphatic heterocycles. The number of ketones is 1. The average molecular weight is 231 g/mol. The Kier molecular flexibility index (Phi) is 3.11. The van der Waals surface area contributed by atoms with Gasteiger partial charge in [0.05, 0.1) is 18.1 Å². The highest BCUT2D eigenvalue weighted by Gasteiger charge is 2.31. The first-order valence-electron chi connectivity index (χ1n) is 5.52. The molecule has 0 unspecified atom stereocenters. The molecule has 2 aliphatic rings. The molecule has 0 spiro atoms. The van der Waals surface area contributed by atoms with Gasteiger partial charge in [0.2, 0.25) is 0 Å². The van der Waals surface area contributed by atoms with Gasteiger partial charge in [-0.05, 0) is 25.8 Å². The van der Waals surface area contributed by atoms with E-state index in [1.54, 1.807) is 0 Å². The Hall–Kier alpha value is -0.420. The van der Waals surface area contributed by atoms with E-state index < -0.39 is 9.84 Å². The first-order chi connectivity index (χ1) is 7.07. The van der Waals surface area contributed by atoms with Gasteiger partial charge in [0.15, 0.2) is 9.84 Å². The van der Waals surface area contributed by atoms with Crippen LogP contribution in [0.25, 0.3) is 0 Å². The molecule has 0 amide bonds. The molecule has 0 N–H and O–H groups in total. The zero-order valence-corrected chi connectivity index (χ0v) is 9.63. The zero-order chi connectivity index (χ0) is 10.9. The van der Waals surface area contributed by atoms with Gasteiger partial charge < -0.3 is 0 Å². The summed E-state index contributed by atoms with van der Waals surface area (Å²) in [7, 11) is -2.85. The molecule has 0 aromatic heterocycles. The van der Waals surface area contributed by atoms with Crippen LogP contribution in [0.1, 0.15) is 19.3 Å². The molecule has 1 aliphatic carbocycles. The Morgan fingerprint density at radius 1 is 1.20 bits per heavy atom. The fourth-order valence-electron chi connectivity index (χ4n) is 1.90. The molecular formula is C10H17NO3S. The summed E-state index contributed by atoms with van der Waals surface area (Å²) < 4.78 is 22.7. The molecule has 1 saturated heterocycles. The number of hydrogen-bond acceptors (Lipinski definition) is 4. The second kappa shape index (κ2) is 4.22. The molecule has 86 valence electrons. The number of carbonyl (C=O) groups excluding carboxylic acids is 1. The van der Waals surface area contributed by atoms with Gasteiger partial charge in [0, 0.05) is 12.5 Å². The maximum atomic E-state index is 11.6. The predicted molar refractivity (Wildman–Crippen MR) is 57.4 cm³/mol. The molecule has 0 aromatic carbocycles. The summed E-state index contributed by atoms with van der Waals surface area (Å²) in [6.45, 7) is 1.73. The van der Waals surface area contributed by atoms with Gasteiger partial charge in [-0.2, -0.15) is 0 Å². The van der Waals surface area contributed by atoms with Crippen molar-refractivity contribution in [2.75, 3.05) is 31.1 Å². The van der Waals surface area contributed by atoms with Crippen LogP contribution >= 0.6 is 0 Å². The normalized spacial score (nSPS) is 27.2. The molecule has 0 bridgehead atoms. The number of hydrogen-bond donors (Lipinski definition) is 0. The highest BCUT2D eigenvalue weighted by molar-refractivity contribution is 7.91. The number of rotatable bonds is 3. The lowest BCUT2D eigenvalue weighted by Gasteiger charge is -2.17. The van der Waals surface area contributed by atoms with E-state index in [2.05, 4.69) is 0 Å². The lowest BCUT2D eigenvalue weighted by Crippen LogP contribution is -2.33. The van der Waals surface area contributed by atoms with Gasteiger partial charge in [-0.15, -0.1) is 0 Å². The van der Waals surface area contributed by atoms with Crippen LogP contribution in [0.15, 0.2) is 0 Å². The number of sulfone groups is 1. The second-order valence-electron chi connectivity index (χ2n) is 4.52. The van der Waals surface area contributed by atoms with Gasteiger partial charge in [-0.1, -0.05) is 0 Å². The van der Waals surface area contributed by atoms with E-state index in [-0.39, 0.29) is 17.4 Å². The fraction of sp³-hybridized carbons (Fsp3) is 0.900. The SMILES string of the molecule is O=C(CN1CCCS(=O)(=O)CC1)C1CC1. The first kappa shape index (κ1) is 11.1. The fourth-order valence-corrected chi connectivity index (χ4v) is 3.21.